The van der Waals surface area contributed by atoms with Gasteiger partial charge in [0.15, 0.2) is 11.8 Å². The van der Waals surface area contributed by atoms with Gasteiger partial charge in [-0.2, -0.15) is 0 Å². The van der Waals surface area contributed by atoms with Gasteiger partial charge in [0.1, 0.15) is 5.75 Å². The predicted molar refractivity (Wildman–Crippen MR) is 84.5 cm³/mol. The fourth-order valence-corrected chi connectivity index (χ4v) is 2.75. The third-order valence-electron chi connectivity index (χ3n) is 3.34. The molecule has 1 aromatic rings. The molecule has 3 heteroatoms. The Hall–Kier alpha value is -1.51. The van der Waals surface area contributed by atoms with Crippen LogP contribution in [0.2, 0.25) is 0 Å². The van der Waals surface area contributed by atoms with Crippen molar-refractivity contribution in [2.75, 3.05) is 0 Å². The van der Waals surface area contributed by atoms with Crippen molar-refractivity contribution >= 4 is 6.21 Å². The van der Waals surface area contributed by atoms with Crippen molar-refractivity contribution in [1.29, 1.82) is 0 Å². The molecule has 0 spiro atoms. The quantitative estimate of drug-likeness (QED) is 0.390. The number of phenolic OH excluding ortho intramolecular Hbond substituents is 1. The van der Waals surface area contributed by atoms with Crippen LogP contribution in [0.1, 0.15) is 57.7 Å². The number of rotatable bonds is 3. The topological polar surface area (TPSA) is 46.3 Å². The molecule has 1 aromatic carbocycles. The fourth-order valence-electron chi connectivity index (χ4n) is 2.75. The van der Waals surface area contributed by atoms with Crippen molar-refractivity contribution in [3.63, 3.8) is 0 Å². The van der Waals surface area contributed by atoms with Gasteiger partial charge in [0.05, 0.1) is 0 Å². The summed E-state index contributed by atoms with van der Waals surface area (Å²) in [5.41, 5.74) is 2.05. The molecule has 0 heterocycles. The summed E-state index contributed by atoms with van der Waals surface area (Å²) in [5.74, 6) is 0.300. The van der Waals surface area contributed by atoms with Crippen LogP contribution in [0.5, 0.6) is 5.75 Å². The zero-order valence-electron chi connectivity index (χ0n) is 13.7. The van der Waals surface area contributed by atoms with Crippen molar-refractivity contribution < 1.29 is 9.85 Å². The number of phenols is 1. The summed E-state index contributed by atoms with van der Waals surface area (Å²) >= 11 is 0. The van der Waals surface area contributed by atoms with Crippen molar-refractivity contribution in [2.24, 2.45) is 5.41 Å². The SMILES string of the molecule is Cc1cc(/C=[N+](/[O-])C(C)(C)CC(C)(C)C)cc(C)c1O. The van der Waals surface area contributed by atoms with Gasteiger partial charge in [-0.3, -0.25) is 0 Å². The number of hydrogen-bond donors (Lipinski definition) is 1. The highest BCUT2D eigenvalue weighted by molar-refractivity contribution is 5.77. The number of hydroxylamine groups is 1. The smallest absolute Gasteiger partial charge is 0.182 e. The minimum atomic E-state index is -0.460. The maximum atomic E-state index is 12.4. The monoisotopic (exact) mass is 277 g/mol. The van der Waals surface area contributed by atoms with Gasteiger partial charge in [-0.15, -0.1) is 0 Å². The first-order valence-electron chi connectivity index (χ1n) is 7.04. The van der Waals surface area contributed by atoms with Crippen LogP contribution in [0.3, 0.4) is 0 Å². The Morgan fingerprint density at radius 1 is 1.10 bits per heavy atom. The van der Waals surface area contributed by atoms with Gasteiger partial charge in [-0.1, -0.05) is 20.8 Å². The van der Waals surface area contributed by atoms with Gasteiger partial charge in [0.2, 0.25) is 0 Å². The van der Waals surface area contributed by atoms with Crippen LogP contribution in [0.4, 0.5) is 0 Å². The van der Waals surface area contributed by atoms with Gasteiger partial charge in [0, 0.05) is 25.8 Å². The summed E-state index contributed by atoms with van der Waals surface area (Å²) in [6.07, 6.45) is 2.42. The molecule has 0 saturated carbocycles. The first-order valence-corrected chi connectivity index (χ1v) is 7.04. The summed E-state index contributed by atoms with van der Waals surface area (Å²) in [6.45, 7) is 14.0. The molecule has 0 bridgehead atoms. The first-order chi connectivity index (χ1) is 8.92. The summed E-state index contributed by atoms with van der Waals surface area (Å²) in [7, 11) is 0. The average Bonchev–Trinajstić information content (AvgIpc) is 2.22. The molecule has 0 aliphatic carbocycles. The number of aromatic hydroxyl groups is 1. The molecule has 0 aliphatic heterocycles. The van der Waals surface area contributed by atoms with E-state index in [9.17, 15) is 10.3 Å². The number of nitrogens with zero attached hydrogens (tertiary/aromatic N) is 1. The highest BCUT2D eigenvalue weighted by Gasteiger charge is 2.32. The van der Waals surface area contributed by atoms with E-state index in [1.54, 1.807) is 6.21 Å². The lowest BCUT2D eigenvalue weighted by atomic mass is 9.82. The van der Waals surface area contributed by atoms with E-state index in [0.29, 0.717) is 5.75 Å². The molecule has 1 rings (SSSR count). The molecule has 0 amide bonds. The van der Waals surface area contributed by atoms with E-state index in [0.717, 1.165) is 27.9 Å². The summed E-state index contributed by atoms with van der Waals surface area (Å²) in [6, 6.07) is 3.67. The Kier molecular flexibility index (Phi) is 4.52. The van der Waals surface area contributed by atoms with Crippen LogP contribution in [-0.4, -0.2) is 21.6 Å². The van der Waals surface area contributed by atoms with Crippen LogP contribution < -0.4 is 0 Å². The lowest BCUT2D eigenvalue weighted by Gasteiger charge is -2.30. The summed E-state index contributed by atoms with van der Waals surface area (Å²) in [4.78, 5) is 0. The number of benzene rings is 1. The van der Waals surface area contributed by atoms with Gasteiger partial charge in [-0.25, -0.2) is 4.74 Å². The molecule has 0 saturated heterocycles. The van der Waals surface area contributed by atoms with Crippen molar-refractivity contribution in [3.8, 4) is 5.75 Å². The maximum Gasteiger partial charge on any atom is 0.182 e. The summed E-state index contributed by atoms with van der Waals surface area (Å²) in [5, 5.41) is 22.2. The molecule has 0 aromatic heterocycles. The van der Waals surface area contributed by atoms with E-state index >= 15 is 0 Å². The maximum absolute atomic E-state index is 12.4. The highest BCUT2D eigenvalue weighted by Crippen LogP contribution is 2.29. The van der Waals surface area contributed by atoms with Crippen LogP contribution in [0, 0.1) is 24.5 Å². The van der Waals surface area contributed by atoms with Crippen molar-refractivity contribution in [1.82, 2.24) is 0 Å². The highest BCUT2D eigenvalue weighted by atomic mass is 16.5. The Balaban J connectivity index is 3.10. The molecule has 3 nitrogen and oxygen atoms in total. The third kappa shape index (κ3) is 4.26. The van der Waals surface area contributed by atoms with E-state index in [1.807, 2.05) is 39.8 Å². The molecule has 112 valence electrons. The van der Waals surface area contributed by atoms with E-state index in [-0.39, 0.29) is 5.41 Å². The van der Waals surface area contributed by atoms with Gasteiger partial charge >= 0.3 is 0 Å². The van der Waals surface area contributed by atoms with Crippen molar-refractivity contribution in [3.05, 3.63) is 34.0 Å². The van der Waals surface area contributed by atoms with E-state index in [1.165, 1.54) is 0 Å². The van der Waals surface area contributed by atoms with Gasteiger partial charge < -0.3 is 10.3 Å². The number of aryl methyl sites for hydroxylation is 2. The summed E-state index contributed by atoms with van der Waals surface area (Å²) < 4.78 is 1.03. The molecule has 1 N–H and O–H groups in total. The second kappa shape index (κ2) is 5.47. The fraction of sp³-hybridized carbons (Fsp3) is 0.588. The average molecular weight is 277 g/mol. The van der Waals surface area contributed by atoms with E-state index in [2.05, 4.69) is 20.8 Å². The second-order valence-corrected chi connectivity index (χ2v) is 7.51. The molecule has 20 heavy (non-hydrogen) atoms. The molecule has 0 fully saturated rings. The van der Waals surface area contributed by atoms with E-state index < -0.39 is 5.54 Å². The minimum Gasteiger partial charge on any atom is -0.623 e. The molecule has 0 aliphatic rings. The zero-order valence-corrected chi connectivity index (χ0v) is 13.7. The van der Waals surface area contributed by atoms with Crippen LogP contribution in [0.25, 0.3) is 0 Å². The second-order valence-electron chi connectivity index (χ2n) is 7.51. The molecular formula is C17H27NO2. The van der Waals surface area contributed by atoms with Crippen molar-refractivity contribution in [2.45, 2.75) is 60.4 Å². The van der Waals surface area contributed by atoms with E-state index in [4.69, 9.17) is 0 Å². The molecular weight excluding hydrogens is 250 g/mol. The lowest BCUT2D eigenvalue weighted by Crippen LogP contribution is -2.37. The number of hydrogen-bond acceptors (Lipinski definition) is 2. The van der Waals surface area contributed by atoms with Gasteiger partial charge in [-0.05, 0) is 42.5 Å². The lowest BCUT2D eigenvalue weighted by molar-refractivity contribution is -0.540. The minimum absolute atomic E-state index is 0.0980. The molecule has 0 atom stereocenters. The normalized spacial score (nSPS) is 13.7. The van der Waals surface area contributed by atoms with Gasteiger partial charge in [0.25, 0.3) is 0 Å². The molecule has 0 unspecified atom stereocenters. The Morgan fingerprint density at radius 2 is 1.55 bits per heavy atom. The van der Waals surface area contributed by atoms with Crippen LogP contribution in [-0.2, 0) is 0 Å². The van der Waals surface area contributed by atoms with Crippen LogP contribution >= 0.6 is 0 Å². The Bertz CT molecular complexity index is 499. The Labute approximate surface area is 122 Å². The predicted octanol–water partition coefficient (Wildman–Crippen LogP) is 4.15. The third-order valence-corrected chi connectivity index (χ3v) is 3.34. The standard InChI is InChI=1S/C17H27NO2/c1-12-8-14(9-13(2)15(12)19)10-18(20)17(6,7)11-16(3,4)5/h8-10,19H,11H2,1-7H3/b18-10+. The molecule has 0 radical (unpaired) electrons. The van der Waals surface area contributed by atoms with Crippen LogP contribution in [0.15, 0.2) is 12.1 Å². The Morgan fingerprint density at radius 3 is 1.95 bits per heavy atom. The zero-order chi connectivity index (χ0) is 15.7. The largest absolute Gasteiger partial charge is 0.623 e. The first kappa shape index (κ1) is 16.5.